The molecule has 3 aromatic rings. The van der Waals surface area contributed by atoms with Gasteiger partial charge in [-0.3, -0.25) is 9.59 Å². The molecule has 0 saturated carbocycles. The maximum absolute atomic E-state index is 12.4. The van der Waals surface area contributed by atoms with Gasteiger partial charge < -0.3 is 9.64 Å². The van der Waals surface area contributed by atoms with Gasteiger partial charge in [0, 0.05) is 19.7 Å². The number of hydrogen-bond acceptors (Lipinski definition) is 6. The minimum Gasteiger partial charge on any atom is -0.447 e. The summed E-state index contributed by atoms with van der Waals surface area (Å²) >= 11 is 2.85. The van der Waals surface area contributed by atoms with E-state index in [0.717, 1.165) is 14.6 Å². The molecule has 5 nitrogen and oxygen atoms in total. The van der Waals surface area contributed by atoms with Crippen molar-refractivity contribution in [2.75, 3.05) is 19.8 Å². The molecule has 1 aromatic heterocycles. The first kappa shape index (κ1) is 18.4. The summed E-state index contributed by atoms with van der Waals surface area (Å²) in [7, 11) is 3.28. The number of aromatic nitrogens is 1. The van der Waals surface area contributed by atoms with Gasteiger partial charge in [0.25, 0.3) is 5.91 Å². The third kappa shape index (κ3) is 4.42. The molecular formula is C19H18N2O3S2. The molecule has 7 heteroatoms. The number of thiazole rings is 1. The quantitative estimate of drug-likeness (QED) is 0.477. The molecule has 0 spiro atoms. The number of amides is 1. The number of likely N-dealkylation sites (N-methyl/N-ethyl adjacent to an activating group) is 1. The van der Waals surface area contributed by atoms with Crippen molar-refractivity contribution in [3.05, 3.63) is 60.2 Å². The average molecular weight is 386 g/mol. The van der Waals surface area contributed by atoms with Crippen LogP contribution in [-0.4, -0.2) is 41.6 Å². The topological polar surface area (TPSA) is 59.5 Å². The summed E-state index contributed by atoms with van der Waals surface area (Å²) < 4.78 is 7.36. The van der Waals surface area contributed by atoms with Crippen LogP contribution in [0.1, 0.15) is 11.7 Å². The lowest BCUT2D eigenvalue weighted by atomic mass is 10.1. The van der Waals surface area contributed by atoms with Crippen LogP contribution >= 0.6 is 23.1 Å². The zero-order valence-corrected chi connectivity index (χ0v) is 16.0. The molecule has 0 radical (unpaired) electrons. The second-order valence-electron chi connectivity index (χ2n) is 5.75. The largest absolute Gasteiger partial charge is 0.447 e. The van der Waals surface area contributed by atoms with Crippen LogP contribution in [0.5, 0.6) is 0 Å². The van der Waals surface area contributed by atoms with Crippen molar-refractivity contribution in [2.24, 2.45) is 0 Å². The fraction of sp³-hybridized carbons (Fsp3) is 0.211. The summed E-state index contributed by atoms with van der Waals surface area (Å²) in [5.74, 6) is -0.614. The lowest BCUT2D eigenvalue weighted by molar-refractivity contribution is -0.157. The smallest absolute Gasteiger partial charge is 0.317 e. The second-order valence-corrected chi connectivity index (χ2v) is 8.00. The first-order chi connectivity index (χ1) is 12.5. The number of ether oxygens (including phenoxy) is 1. The maximum atomic E-state index is 12.4. The second kappa shape index (κ2) is 8.33. The Bertz CT molecular complexity index is 876. The number of carbonyl (C=O) groups excluding carboxylic acids is 2. The van der Waals surface area contributed by atoms with E-state index in [1.54, 1.807) is 26.2 Å². The van der Waals surface area contributed by atoms with Crippen LogP contribution in [0.15, 0.2) is 58.9 Å². The Hall–Kier alpha value is -2.38. The molecule has 3 rings (SSSR count). The Labute approximate surface area is 160 Å². The van der Waals surface area contributed by atoms with Gasteiger partial charge in [0.1, 0.15) is 0 Å². The Morgan fingerprint density at radius 2 is 1.81 bits per heavy atom. The third-order valence-electron chi connectivity index (χ3n) is 3.60. The first-order valence-electron chi connectivity index (χ1n) is 7.98. The molecule has 0 aliphatic carbocycles. The van der Waals surface area contributed by atoms with Crippen LogP contribution < -0.4 is 0 Å². The summed E-state index contributed by atoms with van der Waals surface area (Å²) in [5.41, 5.74) is 1.57. The van der Waals surface area contributed by atoms with Crippen LogP contribution in [0.4, 0.5) is 0 Å². The van der Waals surface area contributed by atoms with E-state index < -0.39 is 12.1 Å². The van der Waals surface area contributed by atoms with Crippen LogP contribution in [0, 0.1) is 0 Å². The summed E-state index contributed by atoms with van der Waals surface area (Å²) in [6.07, 6.45) is -0.935. The van der Waals surface area contributed by atoms with Gasteiger partial charge in [-0.05, 0) is 12.1 Å². The fourth-order valence-electron chi connectivity index (χ4n) is 2.32. The molecule has 0 bridgehead atoms. The van der Waals surface area contributed by atoms with Crippen LogP contribution in [-0.2, 0) is 14.3 Å². The van der Waals surface area contributed by atoms with E-state index >= 15 is 0 Å². The van der Waals surface area contributed by atoms with Crippen molar-refractivity contribution in [2.45, 2.75) is 10.4 Å². The van der Waals surface area contributed by atoms with E-state index in [0.29, 0.717) is 5.56 Å². The summed E-state index contributed by atoms with van der Waals surface area (Å²) in [4.78, 5) is 30.6. The van der Waals surface area contributed by atoms with Gasteiger partial charge in [-0.15, -0.1) is 11.3 Å². The molecule has 0 aliphatic heterocycles. The molecule has 0 N–H and O–H groups in total. The van der Waals surface area contributed by atoms with Gasteiger partial charge in [0.15, 0.2) is 4.34 Å². The van der Waals surface area contributed by atoms with Gasteiger partial charge in [-0.1, -0.05) is 54.2 Å². The Balaban J connectivity index is 1.66. The number of hydrogen-bond donors (Lipinski definition) is 0. The number of esters is 1. The monoisotopic (exact) mass is 386 g/mol. The molecule has 1 amide bonds. The normalized spacial score (nSPS) is 11.9. The molecule has 0 aliphatic rings. The summed E-state index contributed by atoms with van der Waals surface area (Å²) in [6, 6.07) is 16.9. The SMILES string of the molecule is CN(C)C(=O)[C@@H](OC(=O)CSc1nc2ccccc2s1)c1ccccc1. The van der Waals surface area contributed by atoms with Crippen LogP contribution in [0.2, 0.25) is 0 Å². The highest BCUT2D eigenvalue weighted by molar-refractivity contribution is 8.01. The van der Waals surface area contributed by atoms with E-state index in [-0.39, 0.29) is 11.7 Å². The van der Waals surface area contributed by atoms with Crippen molar-refractivity contribution < 1.29 is 14.3 Å². The van der Waals surface area contributed by atoms with Crippen molar-refractivity contribution in [1.29, 1.82) is 0 Å². The third-order valence-corrected chi connectivity index (χ3v) is 5.76. The Morgan fingerprint density at radius 1 is 1.12 bits per heavy atom. The van der Waals surface area contributed by atoms with Crippen LogP contribution in [0.25, 0.3) is 10.2 Å². The molecule has 0 unspecified atom stereocenters. The zero-order chi connectivity index (χ0) is 18.5. The van der Waals surface area contributed by atoms with Crippen molar-refractivity contribution in [1.82, 2.24) is 9.88 Å². The molecule has 1 heterocycles. The van der Waals surface area contributed by atoms with E-state index in [9.17, 15) is 9.59 Å². The number of benzene rings is 2. The predicted molar refractivity (Wildman–Crippen MR) is 104 cm³/mol. The Morgan fingerprint density at radius 3 is 2.50 bits per heavy atom. The summed E-state index contributed by atoms with van der Waals surface area (Å²) in [5, 5.41) is 0. The molecule has 0 fully saturated rings. The highest BCUT2D eigenvalue weighted by atomic mass is 32.2. The summed E-state index contributed by atoms with van der Waals surface area (Å²) in [6.45, 7) is 0. The fourth-order valence-corrected chi connectivity index (χ4v) is 4.17. The van der Waals surface area contributed by atoms with Crippen molar-refractivity contribution in [3.8, 4) is 0 Å². The minimum atomic E-state index is -0.935. The number of para-hydroxylation sites is 1. The predicted octanol–water partition coefficient (Wildman–Crippen LogP) is 3.76. The maximum Gasteiger partial charge on any atom is 0.317 e. The highest BCUT2D eigenvalue weighted by Crippen LogP contribution is 2.30. The molecule has 0 saturated heterocycles. The average Bonchev–Trinajstić information content (AvgIpc) is 3.07. The minimum absolute atomic E-state index is 0.101. The number of nitrogens with zero attached hydrogens (tertiary/aromatic N) is 2. The van der Waals surface area contributed by atoms with E-state index in [1.165, 1.54) is 28.0 Å². The first-order valence-corrected chi connectivity index (χ1v) is 9.79. The lowest BCUT2D eigenvalue weighted by Gasteiger charge is -2.21. The highest BCUT2D eigenvalue weighted by Gasteiger charge is 2.26. The molecule has 2 aromatic carbocycles. The lowest BCUT2D eigenvalue weighted by Crippen LogP contribution is -2.31. The van der Waals surface area contributed by atoms with Crippen LogP contribution in [0.3, 0.4) is 0 Å². The van der Waals surface area contributed by atoms with Gasteiger partial charge in [-0.2, -0.15) is 0 Å². The van der Waals surface area contributed by atoms with E-state index in [2.05, 4.69) is 4.98 Å². The van der Waals surface area contributed by atoms with Gasteiger partial charge in [-0.25, -0.2) is 4.98 Å². The zero-order valence-electron chi connectivity index (χ0n) is 14.4. The number of thioether (sulfide) groups is 1. The number of carbonyl (C=O) groups is 2. The van der Waals surface area contributed by atoms with Gasteiger partial charge in [0.05, 0.1) is 16.0 Å². The standard InChI is InChI=1S/C19H18N2O3S2/c1-21(2)18(23)17(13-8-4-3-5-9-13)24-16(22)12-25-19-20-14-10-6-7-11-15(14)26-19/h3-11,17H,12H2,1-2H3/t17-/m0/s1. The molecule has 134 valence electrons. The molecular weight excluding hydrogens is 368 g/mol. The number of rotatable bonds is 6. The van der Waals surface area contributed by atoms with Gasteiger partial charge in [0.2, 0.25) is 6.10 Å². The number of fused-ring (bicyclic) bond motifs is 1. The van der Waals surface area contributed by atoms with E-state index in [1.807, 2.05) is 42.5 Å². The van der Waals surface area contributed by atoms with Crippen molar-refractivity contribution >= 4 is 45.2 Å². The molecule has 26 heavy (non-hydrogen) atoms. The Kier molecular flexibility index (Phi) is 5.90. The van der Waals surface area contributed by atoms with Gasteiger partial charge >= 0.3 is 5.97 Å². The van der Waals surface area contributed by atoms with Crippen molar-refractivity contribution in [3.63, 3.8) is 0 Å². The molecule has 1 atom stereocenters. The van der Waals surface area contributed by atoms with E-state index in [4.69, 9.17) is 4.74 Å².